The van der Waals surface area contributed by atoms with Crippen molar-refractivity contribution in [2.75, 3.05) is 0 Å². The Labute approximate surface area is 76.5 Å². The first-order valence-corrected chi connectivity index (χ1v) is 4.94. The van der Waals surface area contributed by atoms with Crippen molar-refractivity contribution in [1.82, 2.24) is 4.57 Å². The normalized spacial score (nSPS) is 10.4. The van der Waals surface area contributed by atoms with Gasteiger partial charge in [0.05, 0.1) is 4.60 Å². The molecule has 0 amide bonds. The molecule has 0 aliphatic heterocycles. The second kappa shape index (κ2) is 4.60. The van der Waals surface area contributed by atoms with E-state index in [0.29, 0.717) is 0 Å². The summed E-state index contributed by atoms with van der Waals surface area (Å²) in [6.45, 7) is 3.37. The van der Waals surface area contributed by atoms with Gasteiger partial charge in [0, 0.05) is 12.7 Å². The fourth-order valence-electron chi connectivity index (χ4n) is 1.11. The Balaban J connectivity index is 2.32. The Bertz CT molecular complexity index is 205. The van der Waals surface area contributed by atoms with Crippen molar-refractivity contribution in [3.8, 4) is 0 Å². The van der Waals surface area contributed by atoms with Gasteiger partial charge in [0.25, 0.3) is 0 Å². The molecule has 1 heterocycles. The fourth-order valence-corrected chi connectivity index (χ4v) is 1.55. The Morgan fingerprint density at radius 2 is 2.27 bits per heavy atom. The molecule has 0 bridgehead atoms. The van der Waals surface area contributed by atoms with Crippen molar-refractivity contribution in [1.29, 1.82) is 0 Å². The maximum Gasteiger partial charge on any atom is 0.0846 e. The third-order valence-corrected chi connectivity index (χ3v) is 2.50. The number of halogens is 1. The largest absolute Gasteiger partial charge is 0.342 e. The molecule has 0 aliphatic carbocycles. The van der Waals surface area contributed by atoms with Crippen LogP contribution in [0.1, 0.15) is 26.2 Å². The Kier molecular flexibility index (Phi) is 3.70. The molecular weight excluding hydrogens is 202 g/mol. The van der Waals surface area contributed by atoms with E-state index in [1.54, 1.807) is 0 Å². The second-order valence-corrected chi connectivity index (χ2v) is 3.54. The number of nitrogens with zero attached hydrogens (tertiary/aromatic N) is 1. The van der Waals surface area contributed by atoms with E-state index in [4.69, 9.17) is 0 Å². The fraction of sp³-hybridized carbons (Fsp3) is 0.556. The highest BCUT2D eigenvalue weighted by molar-refractivity contribution is 9.10. The van der Waals surface area contributed by atoms with Gasteiger partial charge >= 0.3 is 0 Å². The molecule has 0 atom stereocenters. The summed E-state index contributed by atoms with van der Waals surface area (Å²) in [6, 6.07) is 4.14. The maximum atomic E-state index is 3.48. The van der Waals surface area contributed by atoms with Crippen LogP contribution in [-0.2, 0) is 6.54 Å². The van der Waals surface area contributed by atoms with Crippen LogP contribution in [0.15, 0.2) is 22.9 Å². The zero-order valence-electron chi connectivity index (χ0n) is 6.89. The predicted molar refractivity (Wildman–Crippen MR) is 51.7 cm³/mol. The molecule has 0 aliphatic rings. The lowest BCUT2D eigenvalue weighted by Gasteiger charge is -2.02. The molecule has 1 aromatic rings. The SMILES string of the molecule is CCCCCn1cccc1Br. The Morgan fingerprint density at radius 3 is 2.82 bits per heavy atom. The molecular formula is C9H14BrN. The predicted octanol–water partition coefficient (Wildman–Crippen LogP) is 3.44. The minimum atomic E-state index is 1.14. The van der Waals surface area contributed by atoms with E-state index < -0.39 is 0 Å². The van der Waals surface area contributed by atoms with Crippen molar-refractivity contribution < 1.29 is 0 Å². The topological polar surface area (TPSA) is 4.93 Å². The van der Waals surface area contributed by atoms with Crippen molar-refractivity contribution in [2.24, 2.45) is 0 Å². The molecule has 62 valence electrons. The lowest BCUT2D eigenvalue weighted by Crippen LogP contribution is -1.95. The summed E-state index contributed by atoms with van der Waals surface area (Å²) in [5.74, 6) is 0. The molecule has 0 saturated heterocycles. The van der Waals surface area contributed by atoms with Crippen LogP contribution in [0.3, 0.4) is 0 Å². The first-order valence-electron chi connectivity index (χ1n) is 4.15. The smallest absolute Gasteiger partial charge is 0.0846 e. The maximum absolute atomic E-state index is 3.48. The number of aromatic nitrogens is 1. The number of unbranched alkanes of at least 4 members (excludes halogenated alkanes) is 2. The standard InChI is InChI=1S/C9H14BrN/c1-2-3-4-7-11-8-5-6-9(11)10/h5-6,8H,2-4,7H2,1H3. The summed E-state index contributed by atoms with van der Waals surface area (Å²) in [7, 11) is 0. The molecule has 11 heavy (non-hydrogen) atoms. The van der Waals surface area contributed by atoms with Gasteiger partial charge in [-0.2, -0.15) is 0 Å². The second-order valence-electron chi connectivity index (χ2n) is 2.73. The summed E-state index contributed by atoms with van der Waals surface area (Å²) >= 11 is 3.48. The molecule has 0 radical (unpaired) electrons. The Hall–Kier alpha value is -0.240. The molecule has 2 heteroatoms. The van der Waals surface area contributed by atoms with Crippen LogP contribution in [0, 0.1) is 0 Å². The number of hydrogen-bond donors (Lipinski definition) is 0. The first kappa shape index (κ1) is 8.85. The van der Waals surface area contributed by atoms with Crippen molar-refractivity contribution >= 4 is 15.9 Å². The summed E-state index contributed by atoms with van der Waals surface area (Å²) < 4.78 is 3.42. The van der Waals surface area contributed by atoms with Gasteiger partial charge in [-0.15, -0.1) is 0 Å². The molecule has 1 rings (SSSR count). The van der Waals surface area contributed by atoms with Crippen LogP contribution in [0.4, 0.5) is 0 Å². The summed E-state index contributed by atoms with van der Waals surface area (Å²) in [5, 5.41) is 0. The van der Waals surface area contributed by atoms with Gasteiger partial charge in [0.2, 0.25) is 0 Å². The van der Waals surface area contributed by atoms with Gasteiger partial charge in [-0.1, -0.05) is 19.8 Å². The van der Waals surface area contributed by atoms with Crippen LogP contribution in [0.2, 0.25) is 0 Å². The van der Waals surface area contributed by atoms with Crippen molar-refractivity contribution in [3.63, 3.8) is 0 Å². The van der Waals surface area contributed by atoms with Gasteiger partial charge in [0.1, 0.15) is 0 Å². The molecule has 0 fully saturated rings. The highest BCUT2D eigenvalue weighted by Crippen LogP contribution is 2.11. The third kappa shape index (κ3) is 2.70. The van der Waals surface area contributed by atoms with Gasteiger partial charge in [-0.3, -0.25) is 0 Å². The van der Waals surface area contributed by atoms with Crippen molar-refractivity contribution in [3.05, 3.63) is 22.9 Å². The first-order chi connectivity index (χ1) is 5.34. The highest BCUT2D eigenvalue weighted by atomic mass is 79.9. The molecule has 0 aromatic carbocycles. The van der Waals surface area contributed by atoms with Crippen molar-refractivity contribution in [2.45, 2.75) is 32.7 Å². The minimum absolute atomic E-state index is 1.14. The van der Waals surface area contributed by atoms with E-state index in [9.17, 15) is 0 Å². The van der Waals surface area contributed by atoms with E-state index in [1.165, 1.54) is 23.9 Å². The highest BCUT2D eigenvalue weighted by Gasteiger charge is 1.94. The number of hydrogen-bond acceptors (Lipinski definition) is 0. The zero-order valence-corrected chi connectivity index (χ0v) is 8.47. The van der Waals surface area contributed by atoms with Gasteiger partial charge in [-0.05, 0) is 34.5 Å². The zero-order chi connectivity index (χ0) is 8.10. The van der Waals surface area contributed by atoms with Gasteiger partial charge in [-0.25, -0.2) is 0 Å². The summed E-state index contributed by atoms with van der Waals surface area (Å²) in [5.41, 5.74) is 0. The van der Waals surface area contributed by atoms with Crippen LogP contribution in [0.5, 0.6) is 0 Å². The van der Waals surface area contributed by atoms with E-state index in [0.717, 1.165) is 6.54 Å². The molecule has 0 spiro atoms. The molecule has 1 aromatic heterocycles. The minimum Gasteiger partial charge on any atom is -0.342 e. The average molecular weight is 216 g/mol. The molecule has 0 saturated carbocycles. The molecule has 1 nitrogen and oxygen atoms in total. The van der Waals surface area contributed by atoms with Crippen LogP contribution < -0.4 is 0 Å². The summed E-state index contributed by atoms with van der Waals surface area (Å²) in [4.78, 5) is 0. The summed E-state index contributed by atoms with van der Waals surface area (Å²) in [6.07, 6.45) is 6.01. The van der Waals surface area contributed by atoms with E-state index >= 15 is 0 Å². The Morgan fingerprint density at radius 1 is 1.45 bits per heavy atom. The van der Waals surface area contributed by atoms with E-state index in [2.05, 4.69) is 45.8 Å². The van der Waals surface area contributed by atoms with E-state index in [1.807, 2.05) is 0 Å². The van der Waals surface area contributed by atoms with Gasteiger partial charge in [0.15, 0.2) is 0 Å². The third-order valence-electron chi connectivity index (χ3n) is 1.78. The average Bonchev–Trinajstić information content (AvgIpc) is 2.37. The molecule has 0 N–H and O–H groups in total. The number of rotatable bonds is 4. The van der Waals surface area contributed by atoms with Crippen LogP contribution in [-0.4, -0.2) is 4.57 Å². The quantitative estimate of drug-likeness (QED) is 0.679. The van der Waals surface area contributed by atoms with E-state index in [-0.39, 0.29) is 0 Å². The van der Waals surface area contributed by atoms with Crippen LogP contribution >= 0.6 is 15.9 Å². The molecule has 0 unspecified atom stereocenters. The number of aryl methyl sites for hydroxylation is 1. The van der Waals surface area contributed by atoms with Crippen LogP contribution in [0.25, 0.3) is 0 Å². The lowest BCUT2D eigenvalue weighted by molar-refractivity contribution is 0.597. The van der Waals surface area contributed by atoms with Gasteiger partial charge < -0.3 is 4.57 Å². The monoisotopic (exact) mass is 215 g/mol. The lowest BCUT2D eigenvalue weighted by atomic mass is 10.2.